The molecule has 1 aliphatic heterocycles. The second-order valence-electron chi connectivity index (χ2n) is 7.78. The topological polar surface area (TPSA) is 73.8 Å². The maximum atomic E-state index is 13.0. The molecule has 9 heteroatoms. The van der Waals surface area contributed by atoms with Gasteiger partial charge < -0.3 is 9.80 Å². The zero-order chi connectivity index (χ0) is 22.7. The highest BCUT2D eigenvalue weighted by molar-refractivity contribution is 7.92. The Labute approximate surface area is 193 Å². The number of sulfonamides is 1. The Bertz CT molecular complexity index is 1160. The molecule has 0 bridgehead atoms. The van der Waals surface area contributed by atoms with Gasteiger partial charge in [-0.25, -0.2) is 13.4 Å². The Balaban J connectivity index is 1.45. The Kier molecular flexibility index (Phi) is 6.48. The van der Waals surface area contributed by atoms with E-state index < -0.39 is 10.0 Å². The van der Waals surface area contributed by atoms with Gasteiger partial charge in [-0.3, -0.25) is 9.10 Å². The predicted octanol–water partition coefficient (Wildman–Crippen LogP) is 3.63. The number of amides is 1. The van der Waals surface area contributed by atoms with Crippen LogP contribution in [-0.4, -0.2) is 57.4 Å². The number of nitrogens with zero attached hydrogens (tertiary/aromatic N) is 4. The number of benzene rings is 2. The van der Waals surface area contributed by atoms with E-state index in [-0.39, 0.29) is 10.8 Å². The van der Waals surface area contributed by atoms with Crippen LogP contribution < -0.4 is 9.21 Å². The number of carbonyl (C=O) groups is 1. The van der Waals surface area contributed by atoms with E-state index in [4.69, 9.17) is 0 Å². The molecule has 1 aromatic heterocycles. The van der Waals surface area contributed by atoms with Gasteiger partial charge in [-0.2, -0.15) is 0 Å². The highest BCUT2D eigenvalue weighted by Gasteiger charge is 2.23. The summed E-state index contributed by atoms with van der Waals surface area (Å²) in [7, 11) is -2.15. The van der Waals surface area contributed by atoms with Crippen molar-refractivity contribution in [3.05, 3.63) is 71.2 Å². The van der Waals surface area contributed by atoms with E-state index >= 15 is 0 Å². The molecule has 32 heavy (non-hydrogen) atoms. The van der Waals surface area contributed by atoms with Crippen LogP contribution in [-0.2, 0) is 10.0 Å². The van der Waals surface area contributed by atoms with Gasteiger partial charge in [-0.05, 0) is 49.7 Å². The van der Waals surface area contributed by atoms with Crippen molar-refractivity contribution >= 4 is 38.1 Å². The van der Waals surface area contributed by atoms with Gasteiger partial charge in [0.2, 0.25) is 0 Å². The smallest absolute Gasteiger partial charge is 0.264 e. The van der Waals surface area contributed by atoms with Crippen LogP contribution in [0.1, 0.15) is 22.3 Å². The molecule has 0 aliphatic carbocycles. The molecular weight excluding hydrogens is 444 g/mol. The van der Waals surface area contributed by atoms with Gasteiger partial charge in [0.05, 0.1) is 10.6 Å². The molecule has 7 nitrogen and oxygen atoms in total. The largest absolute Gasteiger partial charge is 0.346 e. The molecule has 4 rings (SSSR count). The van der Waals surface area contributed by atoms with Crippen LogP contribution >= 0.6 is 11.3 Å². The van der Waals surface area contributed by atoms with Crippen LogP contribution in [0.2, 0.25) is 0 Å². The zero-order valence-corrected chi connectivity index (χ0v) is 19.8. The van der Waals surface area contributed by atoms with E-state index in [2.05, 4.69) is 9.88 Å². The van der Waals surface area contributed by atoms with Crippen molar-refractivity contribution in [2.24, 2.45) is 0 Å². The van der Waals surface area contributed by atoms with Crippen molar-refractivity contribution in [3.8, 4) is 0 Å². The van der Waals surface area contributed by atoms with Crippen molar-refractivity contribution in [2.45, 2.75) is 18.2 Å². The lowest BCUT2D eigenvalue weighted by molar-refractivity contribution is 0.0767. The van der Waals surface area contributed by atoms with E-state index in [0.29, 0.717) is 24.3 Å². The fraction of sp³-hybridized carbons (Fsp3) is 0.304. The quantitative estimate of drug-likeness (QED) is 0.569. The minimum atomic E-state index is -3.67. The third-order valence-corrected chi connectivity index (χ3v) is 8.26. The molecule has 1 saturated heterocycles. The summed E-state index contributed by atoms with van der Waals surface area (Å²) in [6.45, 7) is 4.84. The minimum Gasteiger partial charge on any atom is -0.346 e. The van der Waals surface area contributed by atoms with Crippen LogP contribution in [0, 0.1) is 6.92 Å². The van der Waals surface area contributed by atoms with E-state index in [1.807, 2.05) is 17.2 Å². The number of carbonyl (C=O) groups excluding carboxylic acids is 1. The first-order valence-electron chi connectivity index (χ1n) is 10.5. The number of aryl methyl sites for hydroxylation is 1. The molecule has 0 atom stereocenters. The standard InChI is InChI=1S/C23H26N4O3S2/c1-18-4-10-21(11-5-18)32(29,30)25(2)20-8-6-19(7-9-20)22(28)26-13-3-14-27(16-15-26)23-24-12-17-31-23/h4-12,17H,3,13-16H2,1-2H3. The van der Waals surface area contributed by atoms with E-state index in [9.17, 15) is 13.2 Å². The first kappa shape index (κ1) is 22.3. The second kappa shape index (κ2) is 9.30. The predicted molar refractivity (Wildman–Crippen MR) is 128 cm³/mol. The lowest BCUT2D eigenvalue weighted by Gasteiger charge is -2.23. The van der Waals surface area contributed by atoms with Crippen molar-refractivity contribution in [1.29, 1.82) is 0 Å². The number of anilines is 2. The maximum absolute atomic E-state index is 13.0. The average molecular weight is 471 g/mol. The van der Waals surface area contributed by atoms with Crippen LogP contribution in [0.15, 0.2) is 65.0 Å². The van der Waals surface area contributed by atoms with Gasteiger partial charge >= 0.3 is 0 Å². The molecule has 1 amide bonds. The van der Waals surface area contributed by atoms with Crippen molar-refractivity contribution in [2.75, 3.05) is 42.4 Å². The van der Waals surface area contributed by atoms with E-state index in [1.165, 1.54) is 11.4 Å². The monoisotopic (exact) mass is 470 g/mol. The number of thiazole rings is 1. The maximum Gasteiger partial charge on any atom is 0.264 e. The molecule has 0 unspecified atom stereocenters. The number of hydrogen-bond donors (Lipinski definition) is 0. The fourth-order valence-electron chi connectivity index (χ4n) is 3.69. The Morgan fingerprint density at radius 1 is 1.00 bits per heavy atom. The summed E-state index contributed by atoms with van der Waals surface area (Å²) in [5.41, 5.74) is 2.06. The summed E-state index contributed by atoms with van der Waals surface area (Å²) >= 11 is 1.61. The zero-order valence-electron chi connectivity index (χ0n) is 18.1. The van der Waals surface area contributed by atoms with Gasteiger partial charge in [0.1, 0.15) is 0 Å². The normalized spacial score (nSPS) is 14.8. The molecule has 168 valence electrons. The third-order valence-electron chi connectivity index (χ3n) is 5.63. The molecule has 2 heterocycles. The Morgan fingerprint density at radius 3 is 2.38 bits per heavy atom. The summed E-state index contributed by atoms with van der Waals surface area (Å²) in [4.78, 5) is 21.7. The Morgan fingerprint density at radius 2 is 1.72 bits per heavy atom. The highest BCUT2D eigenvalue weighted by atomic mass is 32.2. The summed E-state index contributed by atoms with van der Waals surface area (Å²) < 4.78 is 27.1. The molecule has 2 aromatic carbocycles. The average Bonchev–Trinajstić information content (AvgIpc) is 3.23. The van der Waals surface area contributed by atoms with Crippen molar-refractivity contribution in [3.63, 3.8) is 0 Å². The summed E-state index contributed by atoms with van der Waals surface area (Å²) in [5, 5.41) is 2.95. The van der Waals surface area contributed by atoms with Crippen LogP contribution in [0.25, 0.3) is 0 Å². The van der Waals surface area contributed by atoms with Gasteiger partial charge in [0, 0.05) is 50.4 Å². The first-order valence-corrected chi connectivity index (χ1v) is 12.8. The van der Waals surface area contributed by atoms with Crippen LogP contribution in [0.5, 0.6) is 0 Å². The van der Waals surface area contributed by atoms with E-state index in [0.717, 1.165) is 30.2 Å². The lowest BCUT2D eigenvalue weighted by atomic mass is 10.1. The molecule has 0 spiro atoms. The number of rotatable bonds is 5. The minimum absolute atomic E-state index is 0.0402. The Hall–Kier alpha value is -2.91. The van der Waals surface area contributed by atoms with Crippen molar-refractivity contribution < 1.29 is 13.2 Å². The SMILES string of the molecule is Cc1ccc(S(=O)(=O)N(C)c2ccc(C(=O)N3CCCN(c4nccs4)CC3)cc2)cc1. The van der Waals surface area contributed by atoms with Gasteiger partial charge in [-0.1, -0.05) is 17.7 Å². The molecule has 0 radical (unpaired) electrons. The molecular formula is C23H26N4O3S2. The lowest BCUT2D eigenvalue weighted by Crippen LogP contribution is -2.35. The van der Waals surface area contributed by atoms with Crippen molar-refractivity contribution in [1.82, 2.24) is 9.88 Å². The third kappa shape index (κ3) is 4.63. The highest BCUT2D eigenvalue weighted by Crippen LogP contribution is 2.24. The molecule has 0 saturated carbocycles. The van der Waals surface area contributed by atoms with Gasteiger partial charge in [-0.15, -0.1) is 11.3 Å². The number of hydrogen-bond acceptors (Lipinski definition) is 6. The number of aromatic nitrogens is 1. The summed E-state index contributed by atoms with van der Waals surface area (Å²) in [5.74, 6) is -0.0402. The first-order chi connectivity index (χ1) is 15.4. The fourth-order valence-corrected chi connectivity index (χ4v) is 5.58. The molecule has 1 aliphatic rings. The van der Waals surface area contributed by atoms with Crippen LogP contribution in [0.4, 0.5) is 10.8 Å². The van der Waals surface area contributed by atoms with Crippen LogP contribution in [0.3, 0.4) is 0 Å². The van der Waals surface area contributed by atoms with Gasteiger partial charge in [0.25, 0.3) is 15.9 Å². The molecule has 3 aromatic rings. The second-order valence-corrected chi connectivity index (χ2v) is 10.6. The van der Waals surface area contributed by atoms with Gasteiger partial charge in [0.15, 0.2) is 5.13 Å². The van der Waals surface area contributed by atoms with E-state index in [1.54, 1.807) is 66.1 Å². The molecule has 0 N–H and O–H groups in total. The summed E-state index contributed by atoms with van der Waals surface area (Å²) in [6.07, 6.45) is 2.67. The summed E-state index contributed by atoms with van der Waals surface area (Å²) in [6, 6.07) is 13.5. The molecule has 1 fully saturated rings.